The van der Waals surface area contributed by atoms with Crippen LogP contribution in [-0.2, 0) is 26.2 Å². The smallest absolute Gasteiger partial charge is 0.243 e. The van der Waals surface area contributed by atoms with Gasteiger partial charge in [0.2, 0.25) is 21.8 Å². The maximum absolute atomic E-state index is 13.7. The van der Waals surface area contributed by atoms with Crippen LogP contribution in [0.4, 0.5) is 0 Å². The van der Waals surface area contributed by atoms with Gasteiger partial charge in [-0.05, 0) is 59.9 Å². The Kier molecular flexibility index (Phi) is 9.64. The molecule has 39 heavy (non-hydrogen) atoms. The van der Waals surface area contributed by atoms with Gasteiger partial charge in [-0.25, -0.2) is 8.42 Å². The van der Waals surface area contributed by atoms with Gasteiger partial charge < -0.3 is 10.2 Å². The van der Waals surface area contributed by atoms with E-state index in [9.17, 15) is 18.0 Å². The second-order valence-corrected chi connectivity index (χ2v) is 12.7. The summed E-state index contributed by atoms with van der Waals surface area (Å²) in [6.45, 7) is 1.63. The monoisotopic (exact) mass is 569 g/mol. The lowest BCUT2D eigenvalue weighted by atomic mass is 9.95. The van der Waals surface area contributed by atoms with Gasteiger partial charge in [0.15, 0.2) is 0 Å². The van der Waals surface area contributed by atoms with E-state index in [1.807, 2.05) is 43.3 Å². The molecular formula is C30H36ClN3O4S. The molecule has 3 aromatic rings. The van der Waals surface area contributed by atoms with E-state index < -0.39 is 28.5 Å². The maximum Gasteiger partial charge on any atom is 0.243 e. The Balaban J connectivity index is 1.56. The highest BCUT2D eigenvalue weighted by Crippen LogP contribution is 2.23. The summed E-state index contributed by atoms with van der Waals surface area (Å²) in [6.07, 6.45) is 5.58. The molecule has 0 saturated heterocycles. The molecule has 0 heterocycles. The summed E-state index contributed by atoms with van der Waals surface area (Å²) >= 11 is 6.06. The summed E-state index contributed by atoms with van der Waals surface area (Å²) in [6, 6.07) is 18.9. The van der Waals surface area contributed by atoms with E-state index in [0.29, 0.717) is 11.4 Å². The first kappa shape index (κ1) is 29.1. The van der Waals surface area contributed by atoms with Crippen molar-refractivity contribution in [3.05, 3.63) is 77.3 Å². The number of carbonyl (C=O) groups is 2. The highest BCUT2D eigenvalue weighted by Gasteiger charge is 2.33. The van der Waals surface area contributed by atoms with Crippen LogP contribution < -0.4 is 5.32 Å². The van der Waals surface area contributed by atoms with Gasteiger partial charge in [0.05, 0.1) is 11.4 Å². The number of hydrogen-bond donors (Lipinski definition) is 1. The first-order chi connectivity index (χ1) is 18.7. The fourth-order valence-electron chi connectivity index (χ4n) is 5.12. The van der Waals surface area contributed by atoms with E-state index in [2.05, 4.69) is 5.32 Å². The van der Waals surface area contributed by atoms with Crippen LogP contribution in [0.15, 0.2) is 71.6 Å². The summed E-state index contributed by atoms with van der Waals surface area (Å²) < 4.78 is 27.9. The molecule has 7 nitrogen and oxygen atoms in total. The summed E-state index contributed by atoms with van der Waals surface area (Å²) in [5, 5.41) is 5.44. The van der Waals surface area contributed by atoms with Gasteiger partial charge >= 0.3 is 0 Å². The second-order valence-electron chi connectivity index (χ2n) is 10.2. The van der Waals surface area contributed by atoms with Crippen LogP contribution in [0.2, 0.25) is 5.02 Å². The van der Waals surface area contributed by atoms with Crippen molar-refractivity contribution in [2.75, 3.05) is 13.6 Å². The zero-order chi connectivity index (χ0) is 28.0. The zero-order valence-electron chi connectivity index (χ0n) is 22.5. The van der Waals surface area contributed by atoms with Crippen molar-refractivity contribution in [2.45, 2.75) is 69.0 Å². The van der Waals surface area contributed by atoms with Crippen molar-refractivity contribution in [1.82, 2.24) is 14.5 Å². The molecule has 1 N–H and O–H groups in total. The average Bonchev–Trinajstić information content (AvgIpc) is 2.94. The topological polar surface area (TPSA) is 86.8 Å². The van der Waals surface area contributed by atoms with Crippen LogP contribution in [0, 0.1) is 0 Å². The number of fused-ring (bicyclic) bond motifs is 1. The van der Waals surface area contributed by atoms with Crippen molar-refractivity contribution in [3.8, 4) is 0 Å². The number of rotatable bonds is 10. The van der Waals surface area contributed by atoms with E-state index >= 15 is 0 Å². The van der Waals surface area contributed by atoms with Gasteiger partial charge in [0, 0.05) is 24.7 Å². The van der Waals surface area contributed by atoms with E-state index in [0.717, 1.165) is 46.3 Å². The van der Waals surface area contributed by atoms with Crippen molar-refractivity contribution in [2.24, 2.45) is 0 Å². The maximum atomic E-state index is 13.7. The predicted octanol–water partition coefficient (Wildman–Crippen LogP) is 5.37. The highest BCUT2D eigenvalue weighted by atomic mass is 35.5. The third-order valence-corrected chi connectivity index (χ3v) is 9.44. The molecule has 0 radical (unpaired) electrons. The van der Waals surface area contributed by atoms with Gasteiger partial charge in [-0.1, -0.05) is 80.3 Å². The first-order valence-electron chi connectivity index (χ1n) is 13.5. The van der Waals surface area contributed by atoms with E-state index in [4.69, 9.17) is 11.6 Å². The molecule has 1 fully saturated rings. The molecule has 3 aromatic carbocycles. The number of nitrogens with zero attached hydrogens (tertiary/aromatic N) is 2. The summed E-state index contributed by atoms with van der Waals surface area (Å²) in [5.41, 5.74) is 0.803. The van der Waals surface area contributed by atoms with Crippen molar-refractivity contribution in [3.63, 3.8) is 0 Å². The molecule has 2 amide bonds. The number of benzene rings is 3. The zero-order valence-corrected chi connectivity index (χ0v) is 24.0. The van der Waals surface area contributed by atoms with Gasteiger partial charge in [0.1, 0.15) is 6.04 Å². The van der Waals surface area contributed by atoms with E-state index in [1.165, 1.54) is 18.4 Å². The molecule has 0 aromatic heterocycles. The normalized spacial score (nSPS) is 15.3. The largest absolute Gasteiger partial charge is 0.352 e. The van der Waals surface area contributed by atoms with Crippen molar-refractivity contribution < 1.29 is 18.0 Å². The summed E-state index contributed by atoms with van der Waals surface area (Å²) in [4.78, 5) is 28.7. The molecule has 9 heteroatoms. The molecule has 0 spiro atoms. The first-order valence-corrected chi connectivity index (χ1v) is 15.3. The Morgan fingerprint density at radius 2 is 1.64 bits per heavy atom. The van der Waals surface area contributed by atoms with Gasteiger partial charge in [0.25, 0.3) is 0 Å². The molecule has 1 aliphatic carbocycles. The third kappa shape index (κ3) is 7.18. The van der Waals surface area contributed by atoms with Crippen LogP contribution in [-0.4, -0.2) is 55.1 Å². The van der Waals surface area contributed by atoms with Crippen LogP contribution in [0.25, 0.3) is 10.8 Å². The molecule has 4 rings (SSSR count). The summed E-state index contributed by atoms with van der Waals surface area (Å²) in [7, 11) is -2.55. The number of sulfonamides is 1. The molecule has 1 saturated carbocycles. The lowest BCUT2D eigenvalue weighted by molar-refractivity contribution is -0.141. The Bertz CT molecular complexity index is 1410. The molecular weight excluding hydrogens is 534 g/mol. The molecule has 208 valence electrons. The number of nitrogens with one attached hydrogen (secondary N) is 1. The number of halogens is 1. The Labute approximate surface area is 236 Å². The predicted molar refractivity (Wildman–Crippen MR) is 155 cm³/mol. The fourth-order valence-corrected chi connectivity index (χ4v) is 6.41. The van der Waals surface area contributed by atoms with Crippen molar-refractivity contribution >= 4 is 44.2 Å². The standard InChI is InChI=1S/C30H36ClN3O4S/c1-3-28(30(36)32-26-11-5-4-6-12-26)34(20-22-13-16-25(31)17-14-22)29(35)21-33(2)39(37,38)27-18-15-23-9-7-8-10-24(23)19-27/h7-10,13-19,26,28H,3-6,11-12,20-21H2,1-2H3,(H,32,36). The van der Waals surface area contributed by atoms with Crippen LogP contribution >= 0.6 is 11.6 Å². The minimum atomic E-state index is -3.95. The lowest BCUT2D eigenvalue weighted by Crippen LogP contribution is -2.53. The number of carbonyl (C=O) groups excluding carboxylic acids is 2. The quantitative estimate of drug-likeness (QED) is 0.356. The Morgan fingerprint density at radius 1 is 0.974 bits per heavy atom. The Hall–Kier alpha value is -2.94. The third-order valence-electron chi connectivity index (χ3n) is 7.39. The number of likely N-dealkylation sites (N-methyl/N-ethyl adjacent to an activating group) is 1. The van der Waals surface area contributed by atoms with E-state index in [-0.39, 0.29) is 23.4 Å². The van der Waals surface area contributed by atoms with Crippen molar-refractivity contribution in [1.29, 1.82) is 0 Å². The minimum Gasteiger partial charge on any atom is -0.352 e. The van der Waals surface area contributed by atoms with Gasteiger partial charge in [-0.15, -0.1) is 0 Å². The second kappa shape index (κ2) is 12.9. The van der Waals surface area contributed by atoms with Gasteiger partial charge in [-0.3, -0.25) is 9.59 Å². The lowest BCUT2D eigenvalue weighted by Gasteiger charge is -2.33. The highest BCUT2D eigenvalue weighted by molar-refractivity contribution is 7.89. The molecule has 1 aliphatic rings. The molecule has 1 unspecified atom stereocenters. The summed E-state index contributed by atoms with van der Waals surface area (Å²) in [5.74, 6) is -0.644. The average molecular weight is 570 g/mol. The molecule has 0 aliphatic heterocycles. The van der Waals surface area contributed by atoms with Gasteiger partial charge in [-0.2, -0.15) is 4.31 Å². The minimum absolute atomic E-state index is 0.101. The SMILES string of the molecule is CCC(C(=O)NC1CCCCC1)N(Cc1ccc(Cl)cc1)C(=O)CN(C)S(=O)(=O)c1ccc2ccccc2c1. The Morgan fingerprint density at radius 3 is 2.31 bits per heavy atom. The van der Waals surface area contributed by atoms with Crippen LogP contribution in [0.5, 0.6) is 0 Å². The molecule has 0 bridgehead atoms. The van der Waals surface area contributed by atoms with Crippen LogP contribution in [0.3, 0.4) is 0 Å². The fraction of sp³-hybridized carbons (Fsp3) is 0.400. The number of amides is 2. The van der Waals surface area contributed by atoms with E-state index in [1.54, 1.807) is 30.3 Å². The van der Waals surface area contributed by atoms with Crippen LogP contribution in [0.1, 0.15) is 51.0 Å². The number of hydrogen-bond acceptors (Lipinski definition) is 4. The molecule has 1 atom stereocenters.